The number of rotatable bonds is 6. The van der Waals surface area contributed by atoms with Gasteiger partial charge in [0, 0.05) is 17.2 Å². The van der Waals surface area contributed by atoms with Gasteiger partial charge in [0.05, 0.1) is 16.0 Å². The molecule has 0 unspecified atom stereocenters. The highest BCUT2D eigenvalue weighted by Gasteiger charge is 2.21. The molecule has 4 rings (SSSR count). The predicted molar refractivity (Wildman–Crippen MR) is 130 cm³/mol. The minimum atomic E-state index is -0.951. The molecule has 0 radical (unpaired) electrons. The molecule has 0 aliphatic heterocycles. The maximum absolute atomic E-state index is 14.4. The molecule has 1 aromatic heterocycles. The summed E-state index contributed by atoms with van der Waals surface area (Å²) >= 11 is 6.15. The summed E-state index contributed by atoms with van der Waals surface area (Å²) in [6, 6.07) is 14.8. The van der Waals surface area contributed by atoms with Crippen LogP contribution in [0.15, 0.2) is 69.9 Å². The molecule has 35 heavy (non-hydrogen) atoms. The van der Waals surface area contributed by atoms with Gasteiger partial charge < -0.3 is 13.9 Å². The summed E-state index contributed by atoms with van der Waals surface area (Å²) in [4.78, 5) is 37.0. The summed E-state index contributed by atoms with van der Waals surface area (Å²) in [6.07, 6.45) is -0.951. The number of ether oxygens (including phenoxy) is 2. The third-order valence-electron chi connectivity index (χ3n) is 5.38. The molecule has 4 aromatic rings. The highest BCUT2D eigenvalue weighted by atomic mass is 35.5. The topological polar surface area (TPSA) is 82.8 Å². The summed E-state index contributed by atoms with van der Waals surface area (Å²) in [5.74, 6) is -0.672. The van der Waals surface area contributed by atoms with Crippen molar-refractivity contribution in [1.82, 2.24) is 0 Å². The Morgan fingerprint density at radius 2 is 1.69 bits per heavy atom. The average Bonchev–Trinajstić information content (AvgIpc) is 2.81. The molecule has 3 aromatic carbocycles. The van der Waals surface area contributed by atoms with Crippen LogP contribution in [0.5, 0.6) is 11.5 Å². The Kier molecular flexibility index (Phi) is 6.71. The second kappa shape index (κ2) is 9.72. The smallest absolute Gasteiger partial charge is 0.352 e. The van der Waals surface area contributed by atoms with Crippen molar-refractivity contribution in [3.8, 4) is 22.6 Å². The van der Waals surface area contributed by atoms with Gasteiger partial charge in [-0.2, -0.15) is 0 Å². The molecular weight excluding hydrogens is 475 g/mol. The average molecular weight is 495 g/mol. The monoisotopic (exact) mass is 494 g/mol. The molecule has 1 heterocycles. The first-order chi connectivity index (χ1) is 16.7. The molecule has 0 amide bonds. The minimum absolute atomic E-state index is 0.0277. The standard InChI is InChI=1S/C27H20ClFO6/c1-14(30)17-7-9-18(10-8-17)33-16(3)27(32)35-19-11-12-20-23(13-19)34-15(2)24(26(20)31)25-21(28)5-4-6-22(25)29/h4-13,16H,1-3H3/t16-/m0/s1. The van der Waals surface area contributed by atoms with Crippen LogP contribution < -0.4 is 14.9 Å². The normalized spacial score (nSPS) is 11.8. The van der Waals surface area contributed by atoms with Gasteiger partial charge in [0.2, 0.25) is 5.43 Å². The van der Waals surface area contributed by atoms with Crippen molar-refractivity contribution in [2.75, 3.05) is 0 Å². The predicted octanol–water partition coefficient (Wildman–Crippen LogP) is 6.14. The van der Waals surface area contributed by atoms with E-state index in [1.807, 2.05) is 0 Å². The lowest BCUT2D eigenvalue weighted by atomic mass is 10.0. The molecule has 178 valence electrons. The first-order valence-electron chi connectivity index (χ1n) is 10.7. The fourth-order valence-corrected chi connectivity index (χ4v) is 3.85. The van der Waals surface area contributed by atoms with Crippen molar-refractivity contribution >= 4 is 34.3 Å². The van der Waals surface area contributed by atoms with E-state index in [0.717, 1.165) is 0 Å². The van der Waals surface area contributed by atoms with E-state index in [-0.39, 0.29) is 44.4 Å². The van der Waals surface area contributed by atoms with Crippen molar-refractivity contribution in [1.29, 1.82) is 0 Å². The molecule has 0 saturated heterocycles. The lowest BCUT2D eigenvalue weighted by molar-refractivity contribution is -0.141. The lowest BCUT2D eigenvalue weighted by Crippen LogP contribution is -2.28. The number of benzene rings is 3. The van der Waals surface area contributed by atoms with Crippen LogP contribution in [0, 0.1) is 12.7 Å². The Morgan fingerprint density at radius 3 is 2.34 bits per heavy atom. The Balaban J connectivity index is 1.57. The van der Waals surface area contributed by atoms with E-state index in [9.17, 15) is 18.8 Å². The second-order valence-electron chi connectivity index (χ2n) is 7.88. The van der Waals surface area contributed by atoms with Crippen LogP contribution >= 0.6 is 11.6 Å². The zero-order valence-electron chi connectivity index (χ0n) is 19.1. The number of fused-ring (bicyclic) bond motifs is 1. The van der Waals surface area contributed by atoms with Crippen LogP contribution in [0.25, 0.3) is 22.1 Å². The van der Waals surface area contributed by atoms with Crippen LogP contribution in [0.4, 0.5) is 4.39 Å². The van der Waals surface area contributed by atoms with Gasteiger partial charge in [-0.25, -0.2) is 9.18 Å². The summed E-state index contributed by atoms with van der Waals surface area (Å²) in [7, 11) is 0. The van der Waals surface area contributed by atoms with Crippen LogP contribution in [0.2, 0.25) is 5.02 Å². The van der Waals surface area contributed by atoms with Crippen LogP contribution in [0.1, 0.15) is 30.0 Å². The molecular formula is C27H20ClFO6. The van der Waals surface area contributed by atoms with E-state index in [4.69, 9.17) is 25.5 Å². The molecule has 8 heteroatoms. The van der Waals surface area contributed by atoms with E-state index in [2.05, 4.69) is 0 Å². The van der Waals surface area contributed by atoms with E-state index in [1.54, 1.807) is 24.3 Å². The number of ketones is 1. The number of halogens is 2. The van der Waals surface area contributed by atoms with Crippen LogP contribution in [-0.2, 0) is 4.79 Å². The molecule has 0 aliphatic rings. The van der Waals surface area contributed by atoms with Gasteiger partial charge in [-0.1, -0.05) is 17.7 Å². The molecule has 0 spiro atoms. The van der Waals surface area contributed by atoms with E-state index >= 15 is 0 Å². The summed E-state index contributed by atoms with van der Waals surface area (Å²) < 4.78 is 31.2. The van der Waals surface area contributed by atoms with Gasteiger partial charge >= 0.3 is 5.97 Å². The van der Waals surface area contributed by atoms with E-state index in [1.165, 1.54) is 57.2 Å². The second-order valence-corrected chi connectivity index (χ2v) is 8.29. The number of esters is 1. The van der Waals surface area contributed by atoms with Crippen molar-refractivity contribution in [2.24, 2.45) is 0 Å². The minimum Gasteiger partial charge on any atom is -0.479 e. The summed E-state index contributed by atoms with van der Waals surface area (Å²) in [5, 5.41) is 0.273. The Hall–Kier alpha value is -3.97. The molecule has 0 aliphatic carbocycles. The third-order valence-corrected chi connectivity index (χ3v) is 5.69. The largest absolute Gasteiger partial charge is 0.479 e. The zero-order valence-corrected chi connectivity index (χ0v) is 19.8. The molecule has 0 N–H and O–H groups in total. The van der Waals surface area contributed by atoms with Gasteiger partial charge in [-0.05, 0) is 69.3 Å². The summed E-state index contributed by atoms with van der Waals surface area (Å²) in [5.41, 5.74) is 0.242. The van der Waals surface area contributed by atoms with Crippen molar-refractivity contribution in [3.63, 3.8) is 0 Å². The Morgan fingerprint density at radius 1 is 1.00 bits per heavy atom. The van der Waals surface area contributed by atoms with Gasteiger partial charge in [-0.3, -0.25) is 9.59 Å². The molecule has 0 bridgehead atoms. The molecule has 6 nitrogen and oxygen atoms in total. The number of carbonyl (C=O) groups excluding carboxylic acids is 2. The van der Waals surface area contributed by atoms with Crippen molar-refractivity contribution in [2.45, 2.75) is 26.9 Å². The quantitative estimate of drug-likeness (QED) is 0.182. The van der Waals surface area contributed by atoms with E-state index < -0.39 is 23.3 Å². The van der Waals surface area contributed by atoms with Gasteiger partial charge in [-0.15, -0.1) is 0 Å². The fourth-order valence-electron chi connectivity index (χ4n) is 3.59. The van der Waals surface area contributed by atoms with Crippen molar-refractivity contribution in [3.05, 3.63) is 93.1 Å². The summed E-state index contributed by atoms with van der Waals surface area (Å²) in [6.45, 7) is 4.51. The number of hydrogen-bond acceptors (Lipinski definition) is 6. The maximum Gasteiger partial charge on any atom is 0.352 e. The highest BCUT2D eigenvalue weighted by molar-refractivity contribution is 6.33. The first-order valence-corrected chi connectivity index (χ1v) is 11.0. The number of carbonyl (C=O) groups is 2. The SMILES string of the molecule is CC(=O)c1ccc(O[C@@H](C)C(=O)Oc2ccc3c(=O)c(-c4c(F)cccc4Cl)c(C)oc3c2)cc1. The number of Topliss-reactive ketones (excluding diaryl/α,β-unsaturated/α-hetero) is 1. The lowest BCUT2D eigenvalue weighted by Gasteiger charge is -2.14. The molecule has 0 fully saturated rings. The Labute approximate surface area is 204 Å². The van der Waals surface area contributed by atoms with Gasteiger partial charge in [0.15, 0.2) is 11.9 Å². The highest BCUT2D eigenvalue weighted by Crippen LogP contribution is 2.33. The third kappa shape index (κ3) is 4.95. The Bertz CT molecular complexity index is 1490. The maximum atomic E-state index is 14.4. The molecule has 1 atom stereocenters. The van der Waals surface area contributed by atoms with Gasteiger partial charge in [0.1, 0.15) is 28.7 Å². The first kappa shape index (κ1) is 24.2. The van der Waals surface area contributed by atoms with E-state index in [0.29, 0.717) is 11.3 Å². The number of aryl methyl sites for hydroxylation is 1. The zero-order chi connectivity index (χ0) is 25.3. The molecule has 0 saturated carbocycles. The van der Waals surface area contributed by atoms with Crippen molar-refractivity contribution < 1.29 is 27.9 Å². The fraction of sp³-hybridized carbons (Fsp3) is 0.148. The number of hydrogen-bond donors (Lipinski definition) is 0. The van der Waals surface area contributed by atoms with Crippen LogP contribution in [0.3, 0.4) is 0 Å². The van der Waals surface area contributed by atoms with Gasteiger partial charge in [0.25, 0.3) is 0 Å². The van der Waals surface area contributed by atoms with Crippen LogP contribution in [-0.4, -0.2) is 17.9 Å².